The minimum atomic E-state index is 0.00347. The Morgan fingerprint density at radius 1 is 0.250 bits per heavy atom. The van der Waals surface area contributed by atoms with Crippen LogP contribution in [0.25, 0.3) is 10.2 Å². The van der Waals surface area contributed by atoms with Crippen molar-refractivity contribution in [2.24, 2.45) is 48.7 Å². The first-order chi connectivity index (χ1) is 47.5. The predicted molar refractivity (Wildman–Crippen MR) is 488 cm³/mol. The summed E-state index contributed by atoms with van der Waals surface area (Å²) >= 11 is 3.63. The average Bonchev–Trinajstić information content (AvgIpc) is 1.69. The van der Waals surface area contributed by atoms with Crippen molar-refractivity contribution >= 4 is 32.9 Å². The molecule has 0 saturated carbocycles. The summed E-state index contributed by atoms with van der Waals surface area (Å²) in [5.74, 6) is 1.77. The molecule has 7 aromatic heterocycles. The molecule has 624 valence electrons. The summed E-state index contributed by atoms with van der Waals surface area (Å²) in [6, 6.07) is 19.4. The maximum absolute atomic E-state index is 5.70. The SMILES string of the molecule is CC(C)(C)C.CC(C)(C)C.CC(C)(C)C.CC(C)(C)C.CC(C)(C)C.CC(C)(C)C.CC(C)(C)C.CC(C)(C)C.CC(C)(C)C.CC(C)(C)c1cnc(C(C)(C)C)o1.CC(C)(C)c1cnc(C(C)(C)C)s1.CC(C)(C)c1nc2ccccc2s1.c1ccncc1.c1ccnnc1.c1cnccn1.c1cncnc1. The molecule has 108 heavy (non-hydrogen) atoms. The number of fused-ring (bicyclic) bond motifs is 1. The molecular formula is C95H176N10OS2. The number of aromatic nitrogens is 10. The van der Waals surface area contributed by atoms with Crippen molar-refractivity contribution in [1.29, 1.82) is 0 Å². The largest absolute Gasteiger partial charge is 0.445 e. The van der Waals surface area contributed by atoms with Crippen LogP contribution in [-0.4, -0.2) is 50.1 Å². The number of rotatable bonds is 0. The highest BCUT2D eigenvalue weighted by atomic mass is 32.1. The van der Waals surface area contributed by atoms with Gasteiger partial charge in [0.1, 0.15) is 12.1 Å². The van der Waals surface area contributed by atoms with Crippen LogP contribution < -0.4 is 0 Å². The van der Waals surface area contributed by atoms with Gasteiger partial charge in [-0.25, -0.2) is 24.9 Å². The zero-order chi connectivity index (χ0) is 87.5. The van der Waals surface area contributed by atoms with Crippen LogP contribution in [0.5, 0.6) is 0 Å². The quantitative estimate of drug-likeness (QED) is 0.143. The molecule has 0 fully saturated rings. The van der Waals surface area contributed by atoms with Gasteiger partial charge in [0.25, 0.3) is 0 Å². The van der Waals surface area contributed by atoms with Gasteiger partial charge in [-0.2, -0.15) is 10.2 Å². The van der Waals surface area contributed by atoms with E-state index in [1.54, 1.807) is 79.4 Å². The second kappa shape index (κ2) is 55.7. The molecule has 0 radical (unpaired) electrons. The van der Waals surface area contributed by atoms with Crippen LogP contribution in [0.15, 0.2) is 146 Å². The van der Waals surface area contributed by atoms with Gasteiger partial charge >= 0.3 is 0 Å². The van der Waals surface area contributed by atoms with Crippen LogP contribution in [0.2, 0.25) is 0 Å². The summed E-state index contributed by atoms with van der Waals surface area (Å²) in [5.41, 5.74) is 6.27. The molecule has 0 N–H and O–H groups in total. The van der Waals surface area contributed by atoms with E-state index in [0.29, 0.717) is 48.7 Å². The van der Waals surface area contributed by atoms with Gasteiger partial charge in [0.15, 0.2) is 5.89 Å². The summed E-state index contributed by atoms with van der Waals surface area (Å²) < 4.78 is 6.99. The lowest BCUT2D eigenvalue weighted by molar-refractivity contribution is 0.335. The highest BCUT2D eigenvalue weighted by Crippen LogP contribution is 2.34. The highest BCUT2D eigenvalue weighted by molar-refractivity contribution is 7.18. The van der Waals surface area contributed by atoms with Crippen molar-refractivity contribution in [3.63, 3.8) is 0 Å². The van der Waals surface area contributed by atoms with Crippen molar-refractivity contribution in [3.05, 3.63) is 168 Å². The Hall–Kier alpha value is -5.66. The molecule has 0 atom stereocenters. The molecule has 13 heteroatoms. The number of benzene rings is 1. The lowest BCUT2D eigenvalue weighted by Gasteiger charge is -2.16. The molecular weight excluding hydrogens is 1360 g/mol. The molecule has 0 spiro atoms. The smallest absolute Gasteiger partial charge is 0.199 e. The Labute approximate surface area is 680 Å². The lowest BCUT2D eigenvalue weighted by atomic mass is 9.94. The summed E-state index contributed by atoms with van der Waals surface area (Å²) in [6.07, 6.45) is 22.1. The van der Waals surface area contributed by atoms with Crippen LogP contribution in [0, 0.1) is 48.7 Å². The van der Waals surface area contributed by atoms with Gasteiger partial charge in [-0.15, -0.1) is 22.7 Å². The van der Waals surface area contributed by atoms with Gasteiger partial charge < -0.3 is 4.42 Å². The minimum Gasteiger partial charge on any atom is -0.445 e. The van der Waals surface area contributed by atoms with Gasteiger partial charge in [0.05, 0.1) is 26.4 Å². The molecule has 0 unspecified atom stereocenters. The van der Waals surface area contributed by atoms with Crippen molar-refractivity contribution in [3.8, 4) is 0 Å². The first-order valence-electron chi connectivity index (χ1n) is 38.8. The van der Waals surface area contributed by atoms with Crippen LogP contribution in [0.3, 0.4) is 0 Å². The monoisotopic (exact) mass is 1540 g/mol. The summed E-state index contributed by atoms with van der Waals surface area (Å²) in [6.45, 7) is 111. The van der Waals surface area contributed by atoms with E-state index < -0.39 is 0 Å². The van der Waals surface area contributed by atoms with E-state index >= 15 is 0 Å². The Kier molecular flexibility index (Phi) is 60.9. The standard InChI is InChI=1S/C11H19NO.C11H13NS.C11H19NS.C5H5N.9C5H12.3C4H4N2/c1-10(2,3)8-7-12-9(13-8)11(4,5)6;1-11(2,3)10-12-8-6-4-5-7-9(8)13-10;1-10(2,3)8-7-12-9(13-8)11(4,5)6;1-2-4-6-5-3-1;9*1-5(2,3)4;1-2-6-4-3-5-1;1-2-5-4-6-3-1;1-2-4-6-5-3-1/h7H,1-6H3;4-7H,1-3H3;7H,1-6H3;1-5H;9*1-4H3;3*1-4H. The molecule has 0 saturated heterocycles. The highest BCUT2D eigenvalue weighted by Gasteiger charge is 2.25. The van der Waals surface area contributed by atoms with E-state index in [2.05, 4.69) is 421 Å². The van der Waals surface area contributed by atoms with Crippen LogP contribution >= 0.6 is 22.7 Å². The van der Waals surface area contributed by atoms with Crippen molar-refractivity contribution < 1.29 is 4.42 Å². The fraction of sp³-hybridized carbons (Fsp3) is 0.684. The fourth-order valence-electron chi connectivity index (χ4n) is 4.20. The molecule has 8 aromatic rings. The van der Waals surface area contributed by atoms with E-state index in [1.807, 2.05) is 60.1 Å². The second-order valence-electron chi connectivity index (χ2n) is 46.0. The van der Waals surface area contributed by atoms with E-state index in [-0.39, 0.29) is 27.1 Å². The first-order valence-corrected chi connectivity index (χ1v) is 40.4. The van der Waals surface area contributed by atoms with Crippen molar-refractivity contribution in [2.45, 2.75) is 380 Å². The van der Waals surface area contributed by atoms with Crippen LogP contribution in [-0.2, 0) is 27.1 Å². The summed E-state index contributed by atoms with van der Waals surface area (Å²) in [5, 5.41) is 9.52. The first kappa shape index (κ1) is 118. The fourth-order valence-corrected chi connectivity index (χ4v) is 6.26. The third kappa shape index (κ3) is 136. The Morgan fingerprint density at radius 3 is 0.713 bits per heavy atom. The molecule has 11 nitrogen and oxygen atoms in total. The minimum absolute atomic E-state index is 0.00347. The van der Waals surface area contributed by atoms with Crippen molar-refractivity contribution in [1.82, 2.24) is 50.1 Å². The third-order valence-electron chi connectivity index (χ3n) is 7.71. The Morgan fingerprint density at radius 2 is 0.546 bits per heavy atom. The molecule has 0 aliphatic heterocycles. The number of hydrogen-bond donors (Lipinski definition) is 0. The number of hydrogen-bond acceptors (Lipinski definition) is 13. The van der Waals surface area contributed by atoms with E-state index in [9.17, 15) is 0 Å². The molecule has 8 rings (SSSR count). The number of pyridine rings is 1. The van der Waals surface area contributed by atoms with Gasteiger partial charge in [0, 0.05) is 94.7 Å². The van der Waals surface area contributed by atoms with Gasteiger partial charge in [0.2, 0.25) is 0 Å². The molecule has 0 aliphatic rings. The number of para-hydroxylation sites is 1. The van der Waals surface area contributed by atoms with Gasteiger partial charge in [-0.1, -0.05) is 371 Å². The van der Waals surface area contributed by atoms with Crippen LogP contribution in [0.4, 0.5) is 0 Å². The zero-order valence-corrected chi connectivity index (χ0v) is 82.1. The molecule has 1 aromatic carbocycles. The Bertz CT molecular complexity index is 2610. The maximum Gasteiger partial charge on any atom is 0.199 e. The lowest BCUT2D eigenvalue weighted by Crippen LogP contribution is -2.12. The van der Waals surface area contributed by atoms with E-state index in [4.69, 9.17) is 4.42 Å². The summed E-state index contributed by atoms with van der Waals surface area (Å²) in [7, 11) is 0. The Balaban J connectivity index is -0.000000168. The topological polar surface area (TPSA) is 142 Å². The normalized spacial score (nSPS) is 11.5. The van der Waals surface area contributed by atoms with Crippen molar-refractivity contribution in [2.75, 3.05) is 0 Å². The maximum atomic E-state index is 5.70. The second-order valence-corrected chi connectivity index (χ2v) is 48.1. The number of thiazole rings is 2. The predicted octanol–water partition coefficient (Wildman–Crippen LogP) is 31.6. The molecule has 0 aliphatic carbocycles. The molecule has 0 bridgehead atoms. The van der Waals surface area contributed by atoms with E-state index in [1.165, 1.54) is 25.9 Å². The van der Waals surface area contributed by atoms with E-state index in [0.717, 1.165) is 17.2 Å². The van der Waals surface area contributed by atoms with Gasteiger partial charge in [-0.05, 0) is 96.6 Å². The molecule has 0 amide bonds. The third-order valence-corrected chi connectivity index (χ3v) is 11.0. The average molecular weight is 1540 g/mol. The van der Waals surface area contributed by atoms with Crippen LogP contribution in [0.1, 0.15) is 380 Å². The van der Waals surface area contributed by atoms with Gasteiger partial charge in [-0.3, -0.25) is 15.0 Å². The summed E-state index contributed by atoms with van der Waals surface area (Å²) in [4.78, 5) is 33.3. The number of nitrogens with zero attached hydrogens (tertiary/aromatic N) is 10. The number of oxazole rings is 1. The zero-order valence-electron chi connectivity index (χ0n) is 80.5. The molecule has 7 heterocycles.